The number of nitrogens with zero attached hydrogens (tertiary/aromatic N) is 4. The molecule has 0 spiro atoms. The van der Waals surface area contributed by atoms with Crippen LogP contribution >= 0.6 is 24.8 Å². The van der Waals surface area contributed by atoms with Crippen molar-refractivity contribution in [3.63, 3.8) is 0 Å². The Kier molecular flexibility index (Phi) is 12.1. The number of halogens is 2. The average Bonchev–Trinajstić information content (AvgIpc) is 3.12. The third-order valence-electron chi connectivity index (χ3n) is 5.31. The molecule has 1 unspecified atom stereocenters. The van der Waals surface area contributed by atoms with Crippen molar-refractivity contribution >= 4 is 42.4 Å². The fourth-order valence-electron chi connectivity index (χ4n) is 3.79. The highest BCUT2D eigenvalue weighted by molar-refractivity contribution is 5.92. The molecule has 0 fully saturated rings. The molecule has 184 valence electrons. The number of hydrogen-bond donors (Lipinski definition) is 1. The van der Waals surface area contributed by atoms with E-state index in [-0.39, 0.29) is 42.6 Å². The van der Waals surface area contributed by atoms with Gasteiger partial charge in [-0.15, -0.1) is 24.8 Å². The SMILES string of the molecule is CCOC(=O)C1=C(C)Nc2ncc(CN(CC)CC)n2C1c1ccccc1[N+](=O)[O-].Cl.Cl.O. The number of aromatic nitrogens is 2. The second-order valence-corrected chi connectivity index (χ2v) is 7.01. The minimum atomic E-state index is -0.713. The maximum Gasteiger partial charge on any atom is 0.338 e. The lowest BCUT2D eigenvalue weighted by Crippen LogP contribution is -2.32. The smallest absolute Gasteiger partial charge is 0.338 e. The van der Waals surface area contributed by atoms with Gasteiger partial charge in [-0.3, -0.25) is 15.0 Å². The van der Waals surface area contributed by atoms with Crippen LogP contribution in [-0.4, -0.2) is 50.5 Å². The summed E-state index contributed by atoms with van der Waals surface area (Å²) in [4.78, 5) is 31.0. The molecular formula is C21H31Cl2N5O5. The zero-order chi connectivity index (χ0) is 21.8. The van der Waals surface area contributed by atoms with Crippen LogP contribution in [0.25, 0.3) is 0 Å². The van der Waals surface area contributed by atoms with Crippen LogP contribution in [0.1, 0.15) is 45.0 Å². The summed E-state index contributed by atoms with van der Waals surface area (Å²) in [7, 11) is 0. The Morgan fingerprint density at radius 3 is 2.45 bits per heavy atom. The Balaban J connectivity index is 0.00000341. The van der Waals surface area contributed by atoms with Crippen molar-refractivity contribution in [1.29, 1.82) is 0 Å². The van der Waals surface area contributed by atoms with Gasteiger partial charge in [-0.1, -0.05) is 26.0 Å². The number of nitrogens with one attached hydrogen (secondary N) is 1. The van der Waals surface area contributed by atoms with Crippen LogP contribution in [0.5, 0.6) is 0 Å². The molecule has 0 amide bonds. The Hall–Kier alpha value is -2.66. The fraction of sp³-hybridized carbons (Fsp3) is 0.429. The minimum Gasteiger partial charge on any atom is -0.463 e. The van der Waals surface area contributed by atoms with Crippen molar-refractivity contribution in [1.82, 2.24) is 14.5 Å². The van der Waals surface area contributed by atoms with Gasteiger partial charge in [0.25, 0.3) is 5.69 Å². The largest absolute Gasteiger partial charge is 0.463 e. The highest BCUT2D eigenvalue weighted by atomic mass is 35.5. The van der Waals surface area contributed by atoms with Gasteiger partial charge in [0.1, 0.15) is 6.04 Å². The van der Waals surface area contributed by atoms with Gasteiger partial charge in [0.2, 0.25) is 5.95 Å². The van der Waals surface area contributed by atoms with Crippen LogP contribution in [0.4, 0.5) is 11.6 Å². The molecule has 33 heavy (non-hydrogen) atoms. The van der Waals surface area contributed by atoms with Crippen molar-refractivity contribution in [3.8, 4) is 0 Å². The van der Waals surface area contributed by atoms with Crippen molar-refractivity contribution in [3.05, 3.63) is 63.1 Å². The van der Waals surface area contributed by atoms with E-state index in [0.717, 1.165) is 18.8 Å². The number of esters is 1. The summed E-state index contributed by atoms with van der Waals surface area (Å²) < 4.78 is 7.18. The van der Waals surface area contributed by atoms with E-state index in [1.165, 1.54) is 6.07 Å². The van der Waals surface area contributed by atoms with Crippen LogP contribution in [0.3, 0.4) is 0 Å². The van der Waals surface area contributed by atoms with E-state index in [0.29, 0.717) is 29.3 Å². The molecule has 3 N–H and O–H groups in total. The van der Waals surface area contributed by atoms with Gasteiger partial charge in [0, 0.05) is 18.3 Å². The maximum atomic E-state index is 12.9. The number of carbonyl (C=O) groups excluding carboxylic acids is 1. The topological polar surface area (TPSA) is 134 Å². The van der Waals surface area contributed by atoms with E-state index in [1.807, 2.05) is 4.57 Å². The molecule has 2 heterocycles. The minimum absolute atomic E-state index is 0. The third-order valence-corrected chi connectivity index (χ3v) is 5.31. The summed E-state index contributed by atoms with van der Waals surface area (Å²) in [6.45, 7) is 10.1. The van der Waals surface area contributed by atoms with Crippen LogP contribution in [-0.2, 0) is 16.1 Å². The summed E-state index contributed by atoms with van der Waals surface area (Å²) in [5, 5.41) is 14.9. The van der Waals surface area contributed by atoms with Crippen molar-refractivity contribution in [2.75, 3.05) is 25.0 Å². The second kappa shape index (κ2) is 13.1. The molecule has 0 saturated carbocycles. The van der Waals surface area contributed by atoms with Gasteiger partial charge in [-0.2, -0.15) is 0 Å². The Labute approximate surface area is 205 Å². The molecule has 1 aliphatic rings. The second-order valence-electron chi connectivity index (χ2n) is 7.01. The number of anilines is 1. The molecule has 1 aromatic heterocycles. The van der Waals surface area contributed by atoms with Gasteiger partial charge in [0.05, 0.1) is 34.6 Å². The molecule has 10 nitrogen and oxygen atoms in total. The first kappa shape index (κ1) is 30.3. The first-order chi connectivity index (χ1) is 14.4. The van der Waals surface area contributed by atoms with Gasteiger partial charge in [0.15, 0.2) is 0 Å². The predicted octanol–water partition coefficient (Wildman–Crippen LogP) is 3.50. The molecule has 1 aliphatic heterocycles. The number of fused-ring (bicyclic) bond motifs is 1. The van der Waals surface area contributed by atoms with Crippen LogP contribution < -0.4 is 5.32 Å². The molecular weight excluding hydrogens is 473 g/mol. The van der Waals surface area contributed by atoms with E-state index in [4.69, 9.17) is 4.74 Å². The average molecular weight is 504 g/mol. The van der Waals surface area contributed by atoms with Crippen LogP contribution in [0.2, 0.25) is 0 Å². The number of para-hydroxylation sites is 1. The quantitative estimate of drug-likeness (QED) is 0.330. The summed E-state index contributed by atoms with van der Waals surface area (Å²) >= 11 is 0. The van der Waals surface area contributed by atoms with Gasteiger partial charge in [-0.25, -0.2) is 9.78 Å². The van der Waals surface area contributed by atoms with Gasteiger partial charge < -0.3 is 20.1 Å². The summed E-state index contributed by atoms with van der Waals surface area (Å²) in [6.07, 6.45) is 1.75. The number of allylic oxidation sites excluding steroid dienone is 1. The van der Waals surface area contributed by atoms with Gasteiger partial charge >= 0.3 is 5.97 Å². The number of carbonyl (C=O) groups is 1. The Morgan fingerprint density at radius 2 is 1.88 bits per heavy atom. The fourth-order valence-corrected chi connectivity index (χ4v) is 3.79. The molecule has 1 atom stereocenters. The summed E-state index contributed by atoms with van der Waals surface area (Å²) in [5.74, 6) is 0.0460. The number of nitro groups is 1. The van der Waals surface area contributed by atoms with E-state index in [9.17, 15) is 14.9 Å². The zero-order valence-corrected chi connectivity index (χ0v) is 20.7. The molecule has 0 bridgehead atoms. The first-order valence-corrected chi connectivity index (χ1v) is 10.1. The third kappa shape index (κ3) is 6.02. The number of benzene rings is 1. The van der Waals surface area contributed by atoms with Gasteiger partial charge in [-0.05, 0) is 33.0 Å². The molecule has 1 aromatic carbocycles. The monoisotopic (exact) mass is 503 g/mol. The maximum absolute atomic E-state index is 12.9. The molecule has 12 heteroatoms. The van der Waals surface area contributed by atoms with Crippen molar-refractivity contribution < 1.29 is 19.9 Å². The van der Waals surface area contributed by atoms with E-state index >= 15 is 0 Å². The van der Waals surface area contributed by atoms with E-state index in [1.54, 1.807) is 38.2 Å². The molecule has 0 aliphatic carbocycles. The number of imidazole rings is 1. The lowest BCUT2D eigenvalue weighted by atomic mass is 9.93. The van der Waals surface area contributed by atoms with E-state index in [2.05, 4.69) is 29.0 Å². The lowest BCUT2D eigenvalue weighted by molar-refractivity contribution is -0.385. The molecule has 0 radical (unpaired) electrons. The molecule has 2 aromatic rings. The van der Waals surface area contributed by atoms with Crippen molar-refractivity contribution in [2.45, 2.75) is 40.3 Å². The Bertz CT molecular complexity index is 991. The highest BCUT2D eigenvalue weighted by Crippen LogP contribution is 2.41. The van der Waals surface area contributed by atoms with Crippen LogP contribution in [0, 0.1) is 10.1 Å². The summed E-state index contributed by atoms with van der Waals surface area (Å²) in [6, 6.07) is 5.79. The highest BCUT2D eigenvalue weighted by Gasteiger charge is 2.38. The number of ether oxygens (including phenoxy) is 1. The zero-order valence-electron chi connectivity index (χ0n) is 19.0. The van der Waals surface area contributed by atoms with Crippen LogP contribution in [0.15, 0.2) is 41.7 Å². The normalized spacial score (nSPS) is 14.3. The number of nitro benzene ring substituents is 1. The molecule has 3 rings (SSSR count). The number of rotatable bonds is 8. The first-order valence-electron chi connectivity index (χ1n) is 10.1. The molecule has 0 saturated heterocycles. The Morgan fingerprint density at radius 1 is 1.24 bits per heavy atom. The number of hydrogen-bond acceptors (Lipinski definition) is 7. The van der Waals surface area contributed by atoms with E-state index < -0.39 is 16.9 Å². The standard InChI is InChI=1S/C21H27N5O4.2ClH.H2O/c1-5-24(6-2)13-15-12-22-21-23-14(4)18(20(27)30-7-3)19(25(15)21)16-10-8-9-11-17(16)26(28)29;;;/h8-12,19H,5-7,13H2,1-4H3,(H,22,23);2*1H;1H2. The van der Waals surface area contributed by atoms with Crippen molar-refractivity contribution in [2.24, 2.45) is 0 Å². The summed E-state index contributed by atoms with van der Waals surface area (Å²) in [5.41, 5.74) is 2.15. The lowest BCUT2D eigenvalue weighted by Gasteiger charge is -2.31. The predicted molar refractivity (Wildman–Crippen MR) is 131 cm³/mol.